The molecule has 1 aliphatic heterocycles. The fourth-order valence-electron chi connectivity index (χ4n) is 3.81. The van der Waals surface area contributed by atoms with Crippen LogP contribution in [0.15, 0.2) is 78.6 Å². The van der Waals surface area contributed by atoms with Crippen molar-refractivity contribution in [2.75, 3.05) is 11.5 Å². The summed E-state index contributed by atoms with van der Waals surface area (Å²) in [6.45, 7) is 2.26. The van der Waals surface area contributed by atoms with Crippen molar-refractivity contribution in [3.63, 3.8) is 0 Å². The summed E-state index contributed by atoms with van der Waals surface area (Å²) in [5.41, 5.74) is 0.388. The van der Waals surface area contributed by atoms with Crippen molar-refractivity contribution < 1.29 is 37.3 Å². The lowest BCUT2D eigenvalue weighted by Crippen LogP contribution is -2.29. The Balaban J connectivity index is 1.84. The Bertz CT molecular complexity index is 1270. The molecule has 2 aromatic carbocycles. The van der Waals surface area contributed by atoms with Crippen LogP contribution in [0.5, 0.6) is 11.5 Å². The third kappa shape index (κ3) is 4.96. The van der Waals surface area contributed by atoms with Crippen LogP contribution in [0.1, 0.15) is 24.1 Å². The van der Waals surface area contributed by atoms with E-state index < -0.39 is 35.6 Å². The van der Waals surface area contributed by atoms with Gasteiger partial charge in [-0.25, -0.2) is 0 Å². The second-order valence-corrected chi connectivity index (χ2v) is 7.46. The summed E-state index contributed by atoms with van der Waals surface area (Å²) in [5, 5.41) is 11.1. The second kappa shape index (κ2) is 9.49. The number of nitrogens with zero attached hydrogens (tertiary/aromatic N) is 2. The minimum Gasteiger partial charge on any atom is -0.507 e. The summed E-state index contributed by atoms with van der Waals surface area (Å²) >= 11 is 0. The van der Waals surface area contributed by atoms with Crippen LogP contribution in [0.4, 0.5) is 18.9 Å². The molecule has 7 nitrogen and oxygen atoms in total. The van der Waals surface area contributed by atoms with Crippen LogP contribution in [0.25, 0.3) is 5.76 Å². The summed E-state index contributed by atoms with van der Waals surface area (Å²) in [5.74, 6) is -2.46. The van der Waals surface area contributed by atoms with Gasteiger partial charge in [-0.2, -0.15) is 0 Å². The Morgan fingerprint density at radius 3 is 2.43 bits per heavy atom. The van der Waals surface area contributed by atoms with Crippen molar-refractivity contribution in [1.29, 1.82) is 0 Å². The first-order valence-corrected chi connectivity index (χ1v) is 10.5. The molecule has 1 aromatic heterocycles. The standard InChI is InChI=1S/C25H19F3N2O5/c1-2-34-18-10-8-15(9-11-18)22(31)20-21(16-5-4-12-29-14-16)30(24(33)23(20)32)17-6-3-7-19(13-17)35-25(26,27)28/h3-14,21,31H,2H2,1H3/b22-20+. The number of aliphatic hydroxyl groups excluding tert-OH is 1. The van der Waals surface area contributed by atoms with E-state index in [0.29, 0.717) is 17.9 Å². The average Bonchev–Trinajstić information content (AvgIpc) is 3.09. The van der Waals surface area contributed by atoms with Gasteiger partial charge in [0, 0.05) is 29.7 Å². The van der Waals surface area contributed by atoms with Crippen molar-refractivity contribution >= 4 is 23.1 Å². The zero-order valence-corrected chi connectivity index (χ0v) is 18.3. The van der Waals surface area contributed by atoms with Gasteiger partial charge in [-0.05, 0) is 55.0 Å². The lowest BCUT2D eigenvalue weighted by Gasteiger charge is -2.25. The maximum atomic E-state index is 13.1. The predicted molar refractivity (Wildman–Crippen MR) is 120 cm³/mol. The van der Waals surface area contributed by atoms with Gasteiger partial charge in [0.25, 0.3) is 11.7 Å². The van der Waals surface area contributed by atoms with E-state index in [2.05, 4.69) is 9.72 Å². The van der Waals surface area contributed by atoms with Crippen molar-refractivity contribution in [2.24, 2.45) is 0 Å². The normalized spacial score (nSPS) is 17.5. The molecule has 35 heavy (non-hydrogen) atoms. The molecule has 2 heterocycles. The molecule has 0 spiro atoms. The van der Waals surface area contributed by atoms with Crippen LogP contribution >= 0.6 is 0 Å². The van der Waals surface area contributed by atoms with Crippen molar-refractivity contribution in [3.05, 3.63) is 89.8 Å². The van der Waals surface area contributed by atoms with Gasteiger partial charge < -0.3 is 14.6 Å². The van der Waals surface area contributed by atoms with Crippen LogP contribution < -0.4 is 14.4 Å². The van der Waals surface area contributed by atoms with E-state index in [-0.39, 0.29) is 16.8 Å². The number of benzene rings is 2. The smallest absolute Gasteiger partial charge is 0.507 e. The van der Waals surface area contributed by atoms with E-state index in [4.69, 9.17) is 4.74 Å². The van der Waals surface area contributed by atoms with Crippen molar-refractivity contribution in [2.45, 2.75) is 19.3 Å². The first-order valence-electron chi connectivity index (χ1n) is 10.5. The van der Waals surface area contributed by atoms with Crippen LogP contribution in [-0.4, -0.2) is 34.8 Å². The molecule has 180 valence electrons. The lowest BCUT2D eigenvalue weighted by atomic mass is 9.96. The number of halogens is 3. The van der Waals surface area contributed by atoms with Crippen molar-refractivity contribution in [1.82, 2.24) is 4.98 Å². The van der Waals surface area contributed by atoms with E-state index in [1.165, 1.54) is 36.7 Å². The Morgan fingerprint density at radius 2 is 1.80 bits per heavy atom. The minimum absolute atomic E-state index is 0.0200. The molecular weight excluding hydrogens is 465 g/mol. The number of carbonyl (C=O) groups is 2. The number of pyridine rings is 1. The molecule has 3 aromatic rings. The first-order chi connectivity index (χ1) is 16.7. The van der Waals surface area contributed by atoms with E-state index in [1.54, 1.807) is 24.3 Å². The Morgan fingerprint density at radius 1 is 1.06 bits per heavy atom. The highest BCUT2D eigenvalue weighted by Gasteiger charge is 2.47. The molecule has 0 saturated carbocycles. The largest absolute Gasteiger partial charge is 0.573 e. The topological polar surface area (TPSA) is 89.0 Å². The van der Waals surface area contributed by atoms with Gasteiger partial charge in [0.1, 0.15) is 17.3 Å². The zero-order chi connectivity index (χ0) is 25.2. The molecular formula is C25H19F3N2O5. The molecule has 0 bridgehead atoms. The molecule has 0 radical (unpaired) electrons. The number of carbonyl (C=O) groups excluding carboxylic acids is 2. The number of hydrogen-bond donors (Lipinski definition) is 1. The highest BCUT2D eigenvalue weighted by Crippen LogP contribution is 2.43. The minimum atomic E-state index is -4.94. The van der Waals surface area contributed by atoms with Crippen molar-refractivity contribution in [3.8, 4) is 11.5 Å². The summed E-state index contributed by atoms with van der Waals surface area (Å²) in [6.07, 6.45) is -2.05. The molecule has 1 atom stereocenters. The van der Waals surface area contributed by atoms with E-state index in [9.17, 15) is 27.9 Å². The molecule has 4 rings (SSSR count). The number of amides is 1. The quantitative estimate of drug-likeness (QED) is 0.301. The van der Waals surface area contributed by atoms with Crippen LogP contribution in [0, 0.1) is 0 Å². The van der Waals surface area contributed by atoms with Gasteiger partial charge >= 0.3 is 6.36 Å². The highest BCUT2D eigenvalue weighted by atomic mass is 19.4. The van der Waals surface area contributed by atoms with Gasteiger partial charge in [-0.15, -0.1) is 13.2 Å². The summed E-state index contributed by atoms with van der Waals surface area (Å²) in [6, 6.07) is 13.0. The lowest BCUT2D eigenvalue weighted by molar-refractivity contribution is -0.274. The van der Waals surface area contributed by atoms with Crippen LogP contribution in [-0.2, 0) is 9.59 Å². The number of hydrogen-bond acceptors (Lipinski definition) is 6. The molecule has 1 amide bonds. The number of aromatic nitrogens is 1. The summed E-state index contributed by atoms with van der Waals surface area (Å²) in [7, 11) is 0. The highest BCUT2D eigenvalue weighted by molar-refractivity contribution is 6.51. The Hall–Kier alpha value is -4.34. The molecule has 1 fully saturated rings. The van der Waals surface area contributed by atoms with Gasteiger partial charge in [0.15, 0.2) is 0 Å². The SMILES string of the molecule is CCOc1ccc(/C(O)=C2\C(=O)C(=O)N(c3cccc(OC(F)(F)F)c3)C2c2cccnc2)cc1. The monoisotopic (exact) mass is 484 g/mol. The molecule has 0 aliphatic carbocycles. The van der Waals surface area contributed by atoms with E-state index >= 15 is 0 Å². The van der Waals surface area contributed by atoms with Gasteiger partial charge in [-0.3, -0.25) is 19.5 Å². The first kappa shape index (κ1) is 23.8. The summed E-state index contributed by atoms with van der Waals surface area (Å²) in [4.78, 5) is 31.2. The molecule has 10 heteroatoms. The average molecular weight is 484 g/mol. The number of aliphatic hydroxyl groups is 1. The molecule has 1 unspecified atom stereocenters. The fourth-order valence-corrected chi connectivity index (χ4v) is 3.81. The predicted octanol–water partition coefficient (Wildman–Crippen LogP) is 5.01. The van der Waals surface area contributed by atoms with E-state index in [1.807, 2.05) is 6.92 Å². The van der Waals surface area contributed by atoms with Crippen LogP contribution in [0.2, 0.25) is 0 Å². The maximum Gasteiger partial charge on any atom is 0.573 e. The number of alkyl halides is 3. The Kier molecular flexibility index (Phi) is 6.46. The zero-order valence-electron chi connectivity index (χ0n) is 18.3. The third-order valence-electron chi connectivity index (χ3n) is 5.21. The molecule has 1 saturated heterocycles. The van der Waals surface area contributed by atoms with Crippen LogP contribution in [0.3, 0.4) is 0 Å². The number of Topliss-reactive ketones (excluding diaryl/α,β-unsaturated/α-hetero) is 1. The Labute approximate surface area is 198 Å². The number of ketones is 1. The summed E-state index contributed by atoms with van der Waals surface area (Å²) < 4.78 is 47.6. The van der Waals surface area contributed by atoms with Gasteiger partial charge in [0.05, 0.1) is 18.2 Å². The molecule has 1 aliphatic rings. The number of anilines is 1. The second-order valence-electron chi connectivity index (χ2n) is 7.46. The van der Waals surface area contributed by atoms with Gasteiger partial charge in [-0.1, -0.05) is 12.1 Å². The third-order valence-corrected chi connectivity index (χ3v) is 5.21. The van der Waals surface area contributed by atoms with E-state index in [0.717, 1.165) is 17.0 Å². The fraction of sp³-hybridized carbons (Fsp3) is 0.160. The number of ether oxygens (including phenoxy) is 2. The molecule has 1 N–H and O–H groups in total. The van der Waals surface area contributed by atoms with Gasteiger partial charge in [0.2, 0.25) is 0 Å². The number of rotatable bonds is 6. The maximum absolute atomic E-state index is 13.1.